The van der Waals surface area contributed by atoms with E-state index in [1.807, 2.05) is 19.1 Å². The number of ketones is 1. The lowest BCUT2D eigenvalue weighted by molar-refractivity contribution is -0.112. The minimum atomic E-state index is 0.140. The molecule has 0 amide bonds. The fourth-order valence-corrected chi connectivity index (χ4v) is 2.93. The molecule has 0 aliphatic carbocycles. The summed E-state index contributed by atoms with van der Waals surface area (Å²) in [6.07, 6.45) is 1.43. The molecule has 0 saturated heterocycles. The van der Waals surface area contributed by atoms with E-state index in [-0.39, 0.29) is 5.78 Å². The van der Waals surface area contributed by atoms with E-state index in [1.165, 1.54) is 10.1 Å². The second-order valence-corrected chi connectivity index (χ2v) is 4.98. The summed E-state index contributed by atoms with van der Waals surface area (Å²) in [5, 5.41) is 1.18. The van der Waals surface area contributed by atoms with Gasteiger partial charge in [-0.2, -0.15) is 0 Å². The Hall–Kier alpha value is -1.48. The van der Waals surface area contributed by atoms with Crippen LogP contribution < -0.4 is 0 Å². The number of rotatable bonds is 4. The molecule has 0 aliphatic rings. The zero-order chi connectivity index (χ0) is 12.3. The number of nitrogens with zero attached hydrogens (tertiary/aromatic N) is 1. The zero-order valence-corrected chi connectivity index (χ0v) is 10.9. The molecule has 17 heavy (non-hydrogen) atoms. The standard InChI is InChI=1S/C14H15NOS/c1-3-6-11(16)14(15-2)13-9-10-7-4-5-8-12(10)17-13/h4-5,7-9H,3,6H2,1-2H3. The molecule has 0 aliphatic heterocycles. The number of Topliss-reactive ketones (excluding diaryl/α,β-unsaturated/α-hetero) is 1. The van der Waals surface area contributed by atoms with Gasteiger partial charge >= 0.3 is 0 Å². The summed E-state index contributed by atoms with van der Waals surface area (Å²) >= 11 is 1.63. The van der Waals surface area contributed by atoms with Gasteiger partial charge in [0.1, 0.15) is 5.71 Å². The first-order chi connectivity index (χ1) is 8.26. The van der Waals surface area contributed by atoms with Crippen LogP contribution in [0, 0.1) is 0 Å². The van der Waals surface area contributed by atoms with Gasteiger partial charge in [-0.3, -0.25) is 9.79 Å². The number of carbonyl (C=O) groups is 1. The van der Waals surface area contributed by atoms with Crippen molar-refractivity contribution in [3.05, 3.63) is 35.2 Å². The maximum atomic E-state index is 11.9. The Kier molecular flexibility index (Phi) is 3.69. The topological polar surface area (TPSA) is 29.4 Å². The van der Waals surface area contributed by atoms with Gasteiger partial charge in [-0.05, 0) is 23.9 Å². The van der Waals surface area contributed by atoms with Crippen molar-refractivity contribution in [2.45, 2.75) is 19.8 Å². The van der Waals surface area contributed by atoms with E-state index in [0.29, 0.717) is 12.1 Å². The minimum Gasteiger partial charge on any atom is -0.292 e. The molecule has 1 aromatic carbocycles. The molecule has 0 unspecified atom stereocenters. The van der Waals surface area contributed by atoms with Gasteiger partial charge in [-0.15, -0.1) is 11.3 Å². The predicted molar refractivity (Wildman–Crippen MR) is 74.2 cm³/mol. The summed E-state index contributed by atoms with van der Waals surface area (Å²) < 4.78 is 1.20. The molecular weight excluding hydrogens is 230 g/mol. The highest BCUT2D eigenvalue weighted by Gasteiger charge is 2.14. The number of aliphatic imine (C=N–C) groups is 1. The van der Waals surface area contributed by atoms with Crippen LogP contribution in [0.2, 0.25) is 0 Å². The van der Waals surface area contributed by atoms with E-state index in [9.17, 15) is 4.79 Å². The lowest BCUT2D eigenvalue weighted by Gasteiger charge is -1.99. The average molecular weight is 245 g/mol. The van der Waals surface area contributed by atoms with Crippen molar-refractivity contribution >= 4 is 32.9 Å². The van der Waals surface area contributed by atoms with E-state index < -0.39 is 0 Å². The van der Waals surface area contributed by atoms with E-state index in [0.717, 1.165) is 11.3 Å². The Morgan fingerprint density at radius 1 is 1.35 bits per heavy atom. The fourth-order valence-electron chi connectivity index (χ4n) is 1.82. The van der Waals surface area contributed by atoms with Gasteiger partial charge in [0.15, 0.2) is 5.78 Å². The first-order valence-electron chi connectivity index (χ1n) is 5.75. The van der Waals surface area contributed by atoms with Crippen molar-refractivity contribution in [2.75, 3.05) is 7.05 Å². The second kappa shape index (κ2) is 5.23. The molecular formula is C14H15NOS. The van der Waals surface area contributed by atoms with Gasteiger partial charge in [-0.1, -0.05) is 25.1 Å². The Balaban J connectivity index is 2.41. The molecule has 3 heteroatoms. The van der Waals surface area contributed by atoms with Crippen LogP contribution in [0.4, 0.5) is 0 Å². The van der Waals surface area contributed by atoms with Gasteiger partial charge in [0.2, 0.25) is 0 Å². The Bertz CT molecular complexity index is 535. The third kappa shape index (κ3) is 2.44. The molecule has 0 saturated carbocycles. The molecule has 0 bridgehead atoms. The Morgan fingerprint density at radius 3 is 2.76 bits per heavy atom. The van der Waals surface area contributed by atoms with Crippen molar-refractivity contribution < 1.29 is 4.79 Å². The number of benzene rings is 1. The second-order valence-electron chi connectivity index (χ2n) is 3.89. The number of hydrogen-bond donors (Lipinski definition) is 0. The predicted octanol–water partition coefficient (Wildman–Crippen LogP) is 3.69. The van der Waals surface area contributed by atoms with Crippen LogP contribution >= 0.6 is 11.3 Å². The Morgan fingerprint density at radius 2 is 2.12 bits per heavy atom. The van der Waals surface area contributed by atoms with Crippen LogP contribution in [0.1, 0.15) is 24.6 Å². The molecule has 0 N–H and O–H groups in total. The molecule has 0 fully saturated rings. The SMILES string of the molecule is CCCC(=O)C(=NC)c1cc2ccccc2s1. The smallest absolute Gasteiger partial charge is 0.182 e. The van der Waals surface area contributed by atoms with Gasteiger partial charge in [-0.25, -0.2) is 0 Å². The van der Waals surface area contributed by atoms with Crippen LogP contribution in [-0.2, 0) is 4.79 Å². The summed E-state index contributed by atoms with van der Waals surface area (Å²) in [5.41, 5.74) is 0.619. The number of fused-ring (bicyclic) bond motifs is 1. The molecule has 2 rings (SSSR count). The van der Waals surface area contributed by atoms with Gasteiger partial charge in [0.25, 0.3) is 0 Å². The monoisotopic (exact) mass is 245 g/mol. The first-order valence-corrected chi connectivity index (χ1v) is 6.57. The van der Waals surface area contributed by atoms with Crippen LogP contribution in [0.5, 0.6) is 0 Å². The average Bonchev–Trinajstić information content (AvgIpc) is 2.73. The largest absolute Gasteiger partial charge is 0.292 e. The van der Waals surface area contributed by atoms with E-state index in [4.69, 9.17) is 0 Å². The van der Waals surface area contributed by atoms with E-state index in [1.54, 1.807) is 18.4 Å². The van der Waals surface area contributed by atoms with Crippen LogP contribution in [-0.4, -0.2) is 18.5 Å². The lowest BCUT2D eigenvalue weighted by Crippen LogP contribution is -2.13. The molecule has 1 aromatic heterocycles. The van der Waals surface area contributed by atoms with Crippen molar-refractivity contribution in [3.63, 3.8) is 0 Å². The van der Waals surface area contributed by atoms with Crippen LogP contribution in [0.3, 0.4) is 0 Å². The highest BCUT2D eigenvalue weighted by Crippen LogP contribution is 2.26. The molecule has 0 spiro atoms. The maximum Gasteiger partial charge on any atom is 0.182 e. The van der Waals surface area contributed by atoms with Crippen LogP contribution in [0.25, 0.3) is 10.1 Å². The summed E-state index contributed by atoms with van der Waals surface area (Å²) in [5.74, 6) is 0.140. The first kappa shape index (κ1) is 12.0. The third-order valence-corrected chi connectivity index (χ3v) is 3.75. The quantitative estimate of drug-likeness (QED) is 0.755. The number of carbonyl (C=O) groups excluding carboxylic acids is 1. The summed E-state index contributed by atoms with van der Waals surface area (Å²) in [6.45, 7) is 2.01. The fraction of sp³-hybridized carbons (Fsp3) is 0.286. The lowest BCUT2D eigenvalue weighted by atomic mass is 10.1. The number of hydrogen-bond acceptors (Lipinski definition) is 3. The summed E-state index contributed by atoms with van der Waals surface area (Å²) in [7, 11) is 1.69. The van der Waals surface area contributed by atoms with Crippen molar-refractivity contribution in [3.8, 4) is 0 Å². The van der Waals surface area contributed by atoms with Gasteiger partial charge < -0.3 is 0 Å². The summed E-state index contributed by atoms with van der Waals surface area (Å²) in [6, 6.07) is 10.2. The highest BCUT2D eigenvalue weighted by molar-refractivity contribution is 7.21. The third-order valence-electron chi connectivity index (χ3n) is 2.62. The van der Waals surface area contributed by atoms with Crippen LogP contribution in [0.15, 0.2) is 35.3 Å². The maximum absolute atomic E-state index is 11.9. The number of thiophene rings is 1. The van der Waals surface area contributed by atoms with Crippen molar-refractivity contribution in [2.24, 2.45) is 4.99 Å². The summed E-state index contributed by atoms with van der Waals surface area (Å²) in [4.78, 5) is 17.1. The van der Waals surface area contributed by atoms with E-state index >= 15 is 0 Å². The van der Waals surface area contributed by atoms with E-state index in [2.05, 4.69) is 23.2 Å². The molecule has 2 aromatic rings. The van der Waals surface area contributed by atoms with Crippen molar-refractivity contribution in [1.82, 2.24) is 0 Å². The normalized spacial score (nSPS) is 12.0. The molecule has 1 heterocycles. The minimum absolute atomic E-state index is 0.140. The highest BCUT2D eigenvalue weighted by atomic mass is 32.1. The van der Waals surface area contributed by atoms with Gasteiger partial charge in [0, 0.05) is 18.2 Å². The Labute approximate surface area is 105 Å². The zero-order valence-electron chi connectivity index (χ0n) is 10.1. The molecule has 0 radical (unpaired) electrons. The van der Waals surface area contributed by atoms with Gasteiger partial charge in [0.05, 0.1) is 4.88 Å². The molecule has 0 atom stereocenters. The molecule has 2 nitrogen and oxygen atoms in total. The molecule has 88 valence electrons. The van der Waals surface area contributed by atoms with Crippen molar-refractivity contribution in [1.29, 1.82) is 0 Å².